The Bertz CT molecular complexity index is 487. The predicted octanol–water partition coefficient (Wildman–Crippen LogP) is 4.96. The number of thiazole rings is 1. The highest BCUT2D eigenvalue weighted by atomic mass is 79.9. The van der Waals surface area contributed by atoms with Crippen molar-refractivity contribution >= 4 is 61.3 Å². The maximum Gasteiger partial charge on any atom is 0.188 e. The number of halogens is 3. The molecule has 0 saturated heterocycles. The Kier molecular flexibility index (Phi) is 3.51. The molecule has 6 heteroatoms. The summed E-state index contributed by atoms with van der Waals surface area (Å²) in [7, 11) is 0. The van der Waals surface area contributed by atoms with Gasteiger partial charge in [0.05, 0.1) is 10.7 Å². The third-order valence-electron chi connectivity index (χ3n) is 1.65. The highest BCUT2D eigenvalue weighted by molar-refractivity contribution is 9.10. The van der Waals surface area contributed by atoms with E-state index in [1.807, 2.05) is 11.4 Å². The van der Waals surface area contributed by atoms with Gasteiger partial charge in [0.25, 0.3) is 0 Å². The number of nitrogens with one attached hydrogen (secondary N) is 1. The molecule has 0 aliphatic heterocycles. The molecule has 0 atom stereocenters. The number of aromatic nitrogens is 1. The number of rotatable bonds is 2. The molecule has 1 heterocycles. The molecule has 0 amide bonds. The molecular formula is C9H5BrCl2N2S. The van der Waals surface area contributed by atoms with Crippen molar-refractivity contribution in [1.82, 2.24) is 4.98 Å². The fourth-order valence-corrected chi connectivity index (χ4v) is 2.63. The first-order valence-corrected chi connectivity index (χ1v) is 6.41. The fraction of sp³-hybridized carbons (Fsp3) is 0. The SMILES string of the molecule is Clc1ccc(Nc2nc(Br)cs2)c(Cl)c1. The summed E-state index contributed by atoms with van der Waals surface area (Å²) in [4.78, 5) is 4.20. The van der Waals surface area contributed by atoms with Crippen molar-refractivity contribution < 1.29 is 0 Å². The van der Waals surface area contributed by atoms with Crippen molar-refractivity contribution in [1.29, 1.82) is 0 Å². The largest absolute Gasteiger partial charge is 0.330 e. The van der Waals surface area contributed by atoms with Crippen LogP contribution in [0.1, 0.15) is 0 Å². The van der Waals surface area contributed by atoms with Gasteiger partial charge in [-0.3, -0.25) is 0 Å². The van der Waals surface area contributed by atoms with Crippen LogP contribution in [0.15, 0.2) is 28.2 Å². The standard InChI is InChI=1S/C9H5BrCl2N2S/c10-8-4-15-9(14-8)13-7-2-1-5(11)3-6(7)12/h1-4H,(H,13,14). The van der Waals surface area contributed by atoms with E-state index in [1.165, 1.54) is 11.3 Å². The van der Waals surface area contributed by atoms with Gasteiger partial charge in [-0.15, -0.1) is 11.3 Å². The first kappa shape index (κ1) is 11.2. The van der Waals surface area contributed by atoms with E-state index in [9.17, 15) is 0 Å². The topological polar surface area (TPSA) is 24.9 Å². The molecular weight excluding hydrogens is 319 g/mol. The molecule has 0 fully saturated rings. The zero-order valence-corrected chi connectivity index (χ0v) is 11.2. The molecule has 0 radical (unpaired) electrons. The Labute approximate surface area is 109 Å². The van der Waals surface area contributed by atoms with Crippen molar-refractivity contribution in [2.45, 2.75) is 0 Å². The lowest BCUT2D eigenvalue weighted by atomic mass is 10.3. The minimum atomic E-state index is 0.578. The number of anilines is 2. The van der Waals surface area contributed by atoms with E-state index in [4.69, 9.17) is 23.2 Å². The summed E-state index contributed by atoms with van der Waals surface area (Å²) in [6, 6.07) is 5.28. The van der Waals surface area contributed by atoms with E-state index >= 15 is 0 Å². The lowest BCUT2D eigenvalue weighted by molar-refractivity contribution is 1.35. The zero-order chi connectivity index (χ0) is 10.8. The number of hydrogen-bond acceptors (Lipinski definition) is 3. The van der Waals surface area contributed by atoms with Crippen molar-refractivity contribution in [2.24, 2.45) is 0 Å². The smallest absolute Gasteiger partial charge is 0.188 e. The summed E-state index contributed by atoms with van der Waals surface area (Å²) in [6.45, 7) is 0. The van der Waals surface area contributed by atoms with Crippen LogP contribution < -0.4 is 5.32 Å². The van der Waals surface area contributed by atoms with E-state index in [2.05, 4.69) is 26.2 Å². The third kappa shape index (κ3) is 2.84. The molecule has 15 heavy (non-hydrogen) atoms. The van der Waals surface area contributed by atoms with Crippen molar-refractivity contribution in [2.75, 3.05) is 5.32 Å². The predicted molar refractivity (Wildman–Crippen MR) is 69.6 cm³/mol. The molecule has 0 aliphatic rings. The van der Waals surface area contributed by atoms with E-state index in [0.29, 0.717) is 10.0 Å². The molecule has 78 valence electrons. The Morgan fingerprint density at radius 1 is 1.33 bits per heavy atom. The van der Waals surface area contributed by atoms with Gasteiger partial charge in [0.2, 0.25) is 0 Å². The summed E-state index contributed by atoms with van der Waals surface area (Å²) in [6.07, 6.45) is 0. The zero-order valence-electron chi connectivity index (χ0n) is 7.30. The van der Waals surface area contributed by atoms with Crippen LogP contribution in [0.25, 0.3) is 0 Å². The van der Waals surface area contributed by atoms with Gasteiger partial charge in [0.1, 0.15) is 4.60 Å². The molecule has 0 spiro atoms. The molecule has 0 bridgehead atoms. The second-order valence-electron chi connectivity index (χ2n) is 2.72. The third-order valence-corrected chi connectivity index (χ3v) is 3.66. The molecule has 0 aliphatic carbocycles. The monoisotopic (exact) mass is 322 g/mol. The second kappa shape index (κ2) is 4.70. The van der Waals surface area contributed by atoms with Crippen LogP contribution in [0.3, 0.4) is 0 Å². The van der Waals surface area contributed by atoms with E-state index < -0.39 is 0 Å². The van der Waals surface area contributed by atoms with Crippen LogP contribution in [-0.4, -0.2) is 4.98 Å². The molecule has 2 aromatic rings. The number of nitrogens with zero attached hydrogens (tertiary/aromatic N) is 1. The van der Waals surface area contributed by atoms with Gasteiger partial charge in [-0.05, 0) is 34.1 Å². The Balaban J connectivity index is 2.24. The fourth-order valence-electron chi connectivity index (χ4n) is 1.02. The summed E-state index contributed by atoms with van der Waals surface area (Å²) in [5.41, 5.74) is 0.794. The number of hydrogen-bond donors (Lipinski definition) is 1. The number of benzene rings is 1. The van der Waals surface area contributed by atoms with Gasteiger partial charge in [-0.1, -0.05) is 23.2 Å². The lowest BCUT2D eigenvalue weighted by Crippen LogP contribution is -1.89. The normalized spacial score (nSPS) is 10.3. The molecule has 2 nitrogen and oxygen atoms in total. The van der Waals surface area contributed by atoms with Crippen LogP contribution in [-0.2, 0) is 0 Å². The van der Waals surface area contributed by atoms with Gasteiger partial charge in [0.15, 0.2) is 5.13 Å². The van der Waals surface area contributed by atoms with Gasteiger partial charge >= 0.3 is 0 Å². The molecule has 1 aromatic heterocycles. The molecule has 0 saturated carbocycles. The van der Waals surface area contributed by atoms with Crippen LogP contribution in [0.2, 0.25) is 10.0 Å². The van der Waals surface area contributed by atoms with Crippen LogP contribution in [0.4, 0.5) is 10.8 Å². The van der Waals surface area contributed by atoms with E-state index in [0.717, 1.165) is 15.4 Å². The summed E-state index contributed by atoms with van der Waals surface area (Å²) in [5, 5.41) is 6.98. The van der Waals surface area contributed by atoms with E-state index in [1.54, 1.807) is 12.1 Å². The maximum atomic E-state index is 6.00. The van der Waals surface area contributed by atoms with Gasteiger partial charge in [-0.25, -0.2) is 4.98 Å². The van der Waals surface area contributed by atoms with Crippen LogP contribution >= 0.6 is 50.5 Å². The molecule has 2 rings (SSSR count). The Morgan fingerprint density at radius 3 is 2.73 bits per heavy atom. The maximum absolute atomic E-state index is 6.00. The Hall–Kier alpha value is -0.290. The highest BCUT2D eigenvalue weighted by Gasteiger charge is 2.04. The van der Waals surface area contributed by atoms with Crippen LogP contribution in [0.5, 0.6) is 0 Å². The minimum Gasteiger partial charge on any atom is -0.330 e. The highest BCUT2D eigenvalue weighted by Crippen LogP contribution is 2.30. The van der Waals surface area contributed by atoms with Crippen molar-refractivity contribution in [3.05, 3.63) is 38.2 Å². The lowest BCUT2D eigenvalue weighted by Gasteiger charge is -2.04. The Morgan fingerprint density at radius 2 is 2.13 bits per heavy atom. The van der Waals surface area contributed by atoms with Crippen molar-refractivity contribution in [3.63, 3.8) is 0 Å². The average Bonchev–Trinajstić information content (AvgIpc) is 2.56. The first-order valence-electron chi connectivity index (χ1n) is 3.98. The second-order valence-corrected chi connectivity index (χ2v) is 5.24. The summed E-state index contributed by atoms with van der Waals surface area (Å²) in [5.74, 6) is 0. The summed E-state index contributed by atoms with van der Waals surface area (Å²) < 4.78 is 0.806. The quantitative estimate of drug-likeness (QED) is 0.845. The molecule has 1 aromatic carbocycles. The molecule has 0 unspecified atom stereocenters. The van der Waals surface area contributed by atoms with Gasteiger partial charge < -0.3 is 5.32 Å². The summed E-state index contributed by atoms with van der Waals surface area (Å²) >= 11 is 16.6. The van der Waals surface area contributed by atoms with Crippen molar-refractivity contribution in [3.8, 4) is 0 Å². The first-order chi connectivity index (χ1) is 7.15. The van der Waals surface area contributed by atoms with Gasteiger partial charge in [-0.2, -0.15) is 0 Å². The molecule has 1 N–H and O–H groups in total. The van der Waals surface area contributed by atoms with E-state index in [-0.39, 0.29) is 0 Å². The minimum absolute atomic E-state index is 0.578. The van der Waals surface area contributed by atoms with Crippen LogP contribution in [0, 0.1) is 0 Å². The van der Waals surface area contributed by atoms with Gasteiger partial charge in [0, 0.05) is 10.4 Å². The average molecular weight is 324 g/mol.